The zero-order chi connectivity index (χ0) is 5.11. The molecule has 0 aliphatic carbocycles. The van der Waals surface area contributed by atoms with Gasteiger partial charge >= 0.3 is 46.7 Å². The summed E-state index contributed by atoms with van der Waals surface area (Å²) in [5, 5.41) is 0. The Hall–Kier alpha value is -0.331. The van der Waals surface area contributed by atoms with E-state index in [0.29, 0.717) is 14.5 Å². The monoisotopic (exact) mass is 160 g/mol. The molecular weight excluding hydrogens is 155 g/mol. The van der Waals surface area contributed by atoms with Gasteiger partial charge in [-0.1, -0.05) is 0 Å². The molecule has 1 aromatic rings. The predicted molar refractivity (Wildman–Crippen MR) is 29.7 cm³/mol. The van der Waals surface area contributed by atoms with Crippen LogP contribution in [0.2, 0.25) is 0 Å². The Labute approximate surface area is 47.4 Å². The van der Waals surface area contributed by atoms with Gasteiger partial charge in [-0.2, -0.15) is 0 Å². The normalized spacial score (nSPS) is 8.57. The zero-order valence-electron chi connectivity index (χ0n) is 3.63. The van der Waals surface area contributed by atoms with Gasteiger partial charge in [0.2, 0.25) is 0 Å². The molecule has 0 unspecified atom stereocenters. The molecule has 0 aromatic carbocycles. The van der Waals surface area contributed by atoms with E-state index in [4.69, 9.17) is 0 Å². The molecule has 0 N–H and O–H groups in total. The van der Waals surface area contributed by atoms with E-state index in [-0.39, 0.29) is 5.43 Å². The summed E-state index contributed by atoms with van der Waals surface area (Å²) in [5.74, 6) is 0. The molecule has 7 heavy (non-hydrogen) atoms. The van der Waals surface area contributed by atoms with Crippen LogP contribution < -0.4 is 5.43 Å². The van der Waals surface area contributed by atoms with Crippen molar-refractivity contribution in [1.29, 1.82) is 0 Å². The number of hydrogen-bond acceptors (Lipinski definition) is 1. The summed E-state index contributed by atoms with van der Waals surface area (Å²) < 4.78 is 0. The summed E-state index contributed by atoms with van der Waals surface area (Å²) in [5.41, 5.74) is 0.119. The van der Waals surface area contributed by atoms with Crippen LogP contribution in [0.1, 0.15) is 0 Å². The van der Waals surface area contributed by atoms with Crippen molar-refractivity contribution in [1.82, 2.24) is 0 Å². The van der Waals surface area contributed by atoms with Gasteiger partial charge in [-0.3, -0.25) is 0 Å². The van der Waals surface area contributed by atoms with Crippen LogP contribution in [0.3, 0.4) is 0 Å². The first kappa shape index (κ1) is 4.82. The van der Waals surface area contributed by atoms with Crippen LogP contribution in [0.25, 0.3) is 0 Å². The van der Waals surface area contributed by atoms with Crippen molar-refractivity contribution in [2.24, 2.45) is 0 Å². The van der Waals surface area contributed by atoms with Crippen molar-refractivity contribution in [3.05, 3.63) is 32.2 Å². The van der Waals surface area contributed by atoms with Gasteiger partial charge in [0.25, 0.3) is 0 Å². The van der Waals surface area contributed by atoms with Gasteiger partial charge in [0.15, 0.2) is 0 Å². The molecule has 2 heteroatoms. The van der Waals surface area contributed by atoms with E-state index >= 15 is 0 Å². The first-order valence-electron chi connectivity index (χ1n) is 1.92. The van der Waals surface area contributed by atoms with Crippen molar-refractivity contribution in [3.63, 3.8) is 0 Å². The third-order valence-corrected chi connectivity index (χ3v) is 1.85. The molecule has 0 aliphatic rings. The predicted octanol–water partition coefficient (Wildman–Crippen LogP) is 0.104. The van der Waals surface area contributed by atoms with E-state index in [0.717, 1.165) is 0 Å². The second kappa shape index (κ2) is 2.10. The standard InChI is InChI=1S/C5H4OSe/c6-5-1-3-7-4-2-5/h1-4H. The maximum absolute atomic E-state index is 10.3. The maximum atomic E-state index is 10.3. The second-order valence-corrected chi connectivity index (χ2v) is 2.86. The molecule has 0 radical (unpaired) electrons. The quantitative estimate of drug-likeness (QED) is 0.491. The molecule has 0 saturated carbocycles. The summed E-state index contributed by atoms with van der Waals surface area (Å²) in [6.07, 6.45) is 0. The van der Waals surface area contributed by atoms with E-state index in [2.05, 4.69) is 0 Å². The van der Waals surface area contributed by atoms with Crippen LogP contribution in [0.5, 0.6) is 0 Å². The Morgan fingerprint density at radius 1 is 1.29 bits per heavy atom. The van der Waals surface area contributed by atoms with Crippen LogP contribution in [0.15, 0.2) is 26.8 Å². The third kappa shape index (κ3) is 1.30. The average molecular weight is 159 g/mol. The van der Waals surface area contributed by atoms with E-state index in [1.54, 1.807) is 12.1 Å². The van der Waals surface area contributed by atoms with Crippen molar-refractivity contribution in [3.8, 4) is 0 Å². The molecule has 0 bridgehead atoms. The molecule has 0 aliphatic heterocycles. The molecule has 0 spiro atoms. The van der Waals surface area contributed by atoms with Crippen LogP contribution >= 0.6 is 0 Å². The summed E-state index contributed by atoms with van der Waals surface area (Å²) in [6, 6.07) is 3.22. The minimum absolute atomic E-state index is 0.119. The van der Waals surface area contributed by atoms with Gasteiger partial charge in [-0.25, -0.2) is 0 Å². The van der Waals surface area contributed by atoms with E-state index in [1.165, 1.54) is 0 Å². The van der Waals surface area contributed by atoms with E-state index < -0.39 is 0 Å². The van der Waals surface area contributed by atoms with Gasteiger partial charge in [0.05, 0.1) is 0 Å². The minimum atomic E-state index is 0.119. The molecule has 36 valence electrons. The van der Waals surface area contributed by atoms with E-state index in [1.807, 2.05) is 9.88 Å². The summed E-state index contributed by atoms with van der Waals surface area (Å²) >= 11 is 0.452. The van der Waals surface area contributed by atoms with Gasteiger partial charge in [0.1, 0.15) is 0 Å². The van der Waals surface area contributed by atoms with Crippen LogP contribution in [0.4, 0.5) is 0 Å². The summed E-state index contributed by atoms with van der Waals surface area (Å²) in [6.45, 7) is 0. The van der Waals surface area contributed by atoms with Crippen molar-refractivity contribution in [2.75, 3.05) is 0 Å². The molecular formula is C5H4OSe. The zero-order valence-corrected chi connectivity index (χ0v) is 5.34. The summed E-state index contributed by atoms with van der Waals surface area (Å²) in [4.78, 5) is 14.1. The van der Waals surface area contributed by atoms with Gasteiger partial charge in [-0.15, -0.1) is 0 Å². The molecule has 1 nitrogen and oxygen atoms in total. The Bertz CT molecular complexity index is 174. The van der Waals surface area contributed by atoms with Gasteiger partial charge < -0.3 is 0 Å². The number of rotatable bonds is 0. The molecule has 1 heterocycles. The molecule has 0 amide bonds. The molecule has 1 aromatic heterocycles. The fourth-order valence-corrected chi connectivity index (χ4v) is 1.40. The van der Waals surface area contributed by atoms with Crippen molar-refractivity contribution in [2.45, 2.75) is 0 Å². The topological polar surface area (TPSA) is 17.1 Å². The van der Waals surface area contributed by atoms with Crippen LogP contribution in [0, 0.1) is 0 Å². The average Bonchev–Trinajstić information content (AvgIpc) is 1.69. The SMILES string of the molecule is O=c1cc[se]cc1. The van der Waals surface area contributed by atoms with Crippen molar-refractivity contribution >= 4 is 14.5 Å². The first-order chi connectivity index (χ1) is 3.39. The van der Waals surface area contributed by atoms with Gasteiger partial charge in [-0.05, 0) is 0 Å². The molecule has 0 saturated heterocycles. The Morgan fingerprint density at radius 3 is 2.14 bits per heavy atom. The fraction of sp³-hybridized carbons (Fsp3) is 0. The molecule has 0 fully saturated rings. The number of hydrogen-bond donors (Lipinski definition) is 0. The Morgan fingerprint density at radius 2 is 1.86 bits per heavy atom. The summed E-state index contributed by atoms with van der Waals surface area (Å²) in [7, 11) is 0. The van der Waals surface area contributed by atoms with E-state index in [9.17, 15) is 4.79 Å². The second-order valence-electron chi connectivity index (χ2n) is 1.14. The van der Waals surface area contributed by atoms with Crippen LogP contribution in [-0.4, -0.2) is 14.5 Å². The molecule has 1 rings (SSSR count). The Balaban J connectivity index is 3.28. The van der Waals surface area contributed by atoms with Crippen molar-refractivity contribution < 1.29 is 0 Å². The first-order valence-corrected chi connectivity index (χ1v) is 3.90. The Kier molecular flexibility index (Phi) is 1.45. The fourth-order valence-electron chi connectivity index (χ4n) is 0.314. The van der Waals surface area contributed by atoms with Gasteiger partial charge in [0, 0.05) is 0 Å². The third-order valence-electron chi connectivity index (χ3n) is 0.622. The molecule has 0 atom stereocenters. The van der Waals surface area contributed by atoms with Crippen LogP contribution in [-0.2, 0) is 0 Å².